The monoisotopic (exact) mass is 398 g/mol. The van der Waals surface area contributed by atoms with Gasteiger partial charge in [0.1, 0.15) is 5.01 Å². The van der Waals surface area contributed by atoms with E-state index in [9.17, 15) is 13.2 Å². The summed E-state index contributed by atoms with van der Waals surface area (Å²) in [4.78, 5) is 18.8. The fourth-order valence-corrected chi connectivity index (χ4v) is 5.93. The molecule has 1 fully saturated rings. The van der Waals surface area contributed by atoms with E-state index in [2.05, 4.69) is 4.98 Å². The molecule has 1 atom stereocenters. The van der Waals surface area contributed by atoms with Crippen molar-refractivity contribution in [2.24, 2.45) is 0 Å². The maximum absolute atomic E-state index is 12.6. The third kappa shape index (κ3) is 4.22. The molecule has 25 heavy (non-hydrogen) atoms. The summed E-state index contributed by atoms with van der Waals surface area (Å²) in [7, 11) is -3.02. The molecular weight excluding hydrogens is 380 g/mol. The molecule has 1 unspecified atom stereocenters. The molecule has 1 aliphatic heterocycles. The first-order valence-electron chi connectivity index (χ1n) is 8.09. The van der Waals surface area contributed by atoms with Gasteiger partial charge in [0.25, 0.3) is 0 Å². The third-order valence-corrected chi connectivity index (χ3v) is 7.30. The van der Waals surface area contributed by atoms with Gasteiger partial charge in [0.15, 0.2) is 9.84 Å². The number of aromatic nitrogens is 1. The van der Waals surface area contributed by atoms with Crippen LogP contribution in [0.4, 0.5) is 0 Å². The van der Waals surface area contributed by atoms with Crippen LogP contribution in [0.3, 0.4) is 0 Å². The maximum Gasteiger partial charge on any atom is 0.228 e. The standard InChI is InChI=1S/C17H19ClN2O3S2/c1-2-20(13-7-8-25(22,23)11-13)16(21)9-12-10-24-17(19-12)14-5-3-4-6-15(14)18/h3-6,10,13H,2,7-9,11H2,1H3. The first-order valence-corrected chi connectivity index (χ1v) is 11.2. The molecule has 134 valence electrons. The van der Waals surface area contributed by atoms with Crippen molar-refractivity contribution in [1.29, 1.82) is 0 Å². The van der Waals surface area contributed by atoms with E-state index in [1.54, 1.807) is 4.90 Å². The molecule has 0 spiro atoms. The number of likely N-dealkylation sites (N-methyl/N-ethyl adjacent to an activating group) is 1. The number of hydrogen-bond donors (Lipinski definition) is 0. The third-order valence-electron chi connectivity index (χ3n) is 4.30. The van der Waals surface area contributed by atoms with Gasteiger partial charge in [-0.1, -0.05) is 29.8 Å². The van der Waals surface area contributed by atoms with Crippen molar-refractivity contribution < 1.29 is 13.2 Å². The summed E-state index contributed by atoms with van der Waals surface area (Å²) in [6.07, 6.45) is 0.690. The van der Waals surface area contributed by atoms with E-state index in [0.717, 1.165) is 10.6 Å². The predicted molar refractivity (Wildman–Crippen MR) is 101 cm³/mol. The normalized spacial score (nSPS) is 19.0. The number of halogens is 1. The molecule has 2 heterocycles. The zero-order valence-corrected chi connectivity index (χ0v) is 16.2. The molecule has 1 amide bonds. The minimum Gasteiger partial charge on any atom is -0.339 e. The van der Waals surface area contributed by atoms with E-state index in [1.165, 1.54) is 11.3 Å². The van der Waals surface area contributed by atoms with Crippen molar-refractivity contribution >= 4 is 38.7 Å². The smallest absolute Gasteiger partial charge is 0.228 e. The van der Waals surface area contributed by atoms with Gasteiger partial charge in [0.05, 0.1) is 28.6 Å². The highest BCUT2D eigenvalue weighted by Gasteiger charge is 2.33. The van der Waals surface area contributed by atoms with Gasteiger partial charge < -0.3 is 4.90 Å². The number of benzene rings is 1. The van der Waals surface area contributed by atoms with Crippen LogP contribution in [0, 0.1) is 0 Å². The summed E-state index contributed by atoms with van der Waals surface area (Å²) >= 11 is 7.64. The van der Waals surface area contributed by atoms with Crippen LogP contribution in [0.5, 0.6) is 0 Å². The second kappa shape index (κ2) is 7.43. The SMILES string of the molecule is CCN(C(=O)Cc1csc(-c2ccccc2Cl)n1)C1CCS(=O)(=O)C1. The Bertz CT molecular complexity index is 880. The lowest BCUT2D eigenvalue weighted by atomic mass is 10.2. The molecule has 0 radical (unpaired) electrons. The highest BCUT2D eigenvalue weighted by molar-refractivity contribution is 7.91. The van der Waals surface area contributed by atoms with Crippen LogP contribution < -0.4 is 0 Å². The molecule has 0 aliphatic carbocycles. The van der Waals surface area contributed by atoms with Crippen LogP contribution in [0.25, 0.3) is 10.6 Å². The van der Waals surface area contributed by atoms with Gasteiger partial charge in [-0.2, -0.15) is 0 Å². The number of carbonyl (C=O) groups is 1. The number of carbonyl (C=O) groups excluding carboxylic acids is 1. The van der Waals surface area contributed by atoms with Gasteiger partial charge in [-0.25, -0.2) is 13.4 Å². The van der Waals surface area contributed by atoms with E-state index in [-0.39, 0.29) is 29.9 Å². The number of rotatable bonds is 5. The van der Waals surface area contributed by atoms with Gasteiger partial charge >= 0.3 is 0 Å². The van der Waals surface area contributed by atoms with Crippen molar-refractivity contribution in [1.82, 2.24) is 9.88 Å². The van der Waals surface area contributed by atoms with Crippen LogP contribution in [0.2, 0.25) is 5.02 Å². The largest absolute Gasteiger partial charge is 0.339 e. The topological polar surface area (TPSA) is 67.3 Å². The van der Waals surface area contributed by atoms with Crippen molar-refractivity contribution in [2.45, 2.75) is 25.8 Å². The Balaban J connectivity index is 1.72. The Morgan fingerprint density at radius 1 is 1.40 bits per heavy atom. The molecule has 2 aromatic rings. The van der Waals surface area contributed by atoms with Gasteiger partial charge in [0.2, 0.25) is 5.91 Å². The second-order valence-electron chi connectivity index (χ2n) is 6.04. The quantitative estimate of drug-likeness (QED) is 0.776. The molecule has 8 heteroatoms. The highest BCUT2D eigenvalue weighted by atomic mass is 35.5. The molecule has 1 aromatic carbocycles. The van der Waals surface area contributed by atoms with Crippen LogP contribution >= 0.6 is 22.9 Å². The number of hydrogen-bond acceptors (Lipinski definition) is 5. The fourth-order valence-electron chi connectivity index (χ4n) is 3.06. The Morgan fingerprint density at radius 2 is 2.16 bits per heavy atom. The number of nitrogens with zero attached hydrogens (tertiary/aromatic N) is 2. The molecule has 0 bridgehead atoms. The van der Waals surface area contributed by atoms with E-state index < -0.39 is 9.84 Å². The first-order chi connectivity index (χ1) is 11.9. The van der Waals surface area contributed by atoms with Gasteiger partial charge in [0, 0.05) is 23.5 Å². The summed E-state index contributed by atoms with van der Waals surface area (Å²) in [5.74, 6) is 0.143. The van der Waals surface area contributed by atoms with E-state index >= 15 is 0 Å². The van der Waals surface area contributed by atoms with Crippen molar-refractivity contribution in [3.05, 3.63) is 40.4 Å². The van der Waals surface area contributed by atoms with Crippen molar-refractivity contribution in [3.63, 3.8) is 0 Å². The molecule has 5 nitrogen and oxygen atoms in total. The van der Waals surface area contributed by atoms with Crippen molar-refractivity contribution in [3.8, 4) is 10.6 Å². The summed E-state index contributed by atoms with van der Waals surface area (Å²) in [5.41, 5.74) is 1.53. The van der Waals surface area contributed by atoms with Crippen molar-refractivity contribution in [2.75, 3.05) is 18.1 Å². The lowest BCUT2D eigenvalue weighted by Crippen LogP contribution is -2.41. The number of sulfone groups is 1. The van der Waals surface area contributed by atoms with Gasteiger partial charge in [-0.15, -0.1) is 11.3 Å². The Kier molecular flexibility index (Phi) is 5.46. The molecule has 0 N–H and O–H groups in total. The highest BCUT2D eigenvalue weighted by Crippen LogP contribution is 2.30. The van der Waals surface area contributed by atoms with Crippen LogP contribution in [-0.4, -0.2) is 48.3 Å². The molecular formula is C17H19ClN2O3S2. The van der Waals surface area contributed by atoms with E-state index in [4.69, 9.17) is 11.6 Å². The molecule has 1 saturated heterocycles. The van der Waals surface area contributed by atoms with Gasteiger partial charge in [-0.3, -0.25) is 4.79 Å². The molecule has 0 saturated carbocycles. The van der Waals surface area contributed by atoms with Gasteiger partial charge in [-0.05, 0) is 19.4 Å². The second-order valence-corrected chi connectivity index (χ2v) is 9.53. The van der Waals surface area contributed by atoms with Crippen LogP contribution in [0.15, 0.2) is 29.6 Å². The summed E-state index contributed by atoms with van der Waals surface area (Å²) < 4.78 is 23.3. The van der Waals surface area contributed by atoms with E-state index in [0.29, 0.717) is 23.7 Å². The average molecular weight is 399 g/mol. The number of thiazole rings is 1. The summed E-state index contributed by atoms with van der Waals surface area (Å²) in [6, 6.07) is 7.24. The number of amides is 1. The Labute approximate surface area is 156 Å². The molecule has 1 aromatic heterocycles. The Morgan fingerprint density at radius 3 is 2.80 bits per heavy atom. The maximum atomic E-state index is 12.6. The van der Waals surface area contributed by atoms with Crippen LogP contribution in [0.1, 0.15) is 19.0 Å². The fraction of sp³-hybridized carbons (Fsp3) is 0.412. The van der Waals surface area contributed by atoms with Crippen LogP contribution in [-0.2, 0) is 21.1 Å². The zero-order valence-electron chi connectivity index (χ0n) is 13.8. The first kappa shape index (κ1) is 18.4. The minimum absolute atomic E-state index is 0.0640. The predicted octanol–water partition coefficient (Wildman–Crippen LogP) is 3.04. The lowest BCUT2D eigenvalue weighted by Gasteiger charge is -2.26. The average Bonchev–Trinajstić information content (AvgIpc) is 3.15. The molecule has 3 rings (SSSR count). The Hall–Kier alpha value is -1.44. The lowest BCUT2D eigenvalue weighted by molar-refractivity contribution is -0.132. The molecule has 1 aliphatic rings. The zero-order chi connectivity index (χ0) is 18.0. The van der Waals surface area contributed by atoms with E-state index in [1.807, 2.05) is 36.6 Å². The summed E-state index contributed by atoms with van der Waals surface area (Å²) in [5, 5.41) is 3.26. The minimum atomic E-state index is -3.02. The summed E-state index contributed by atoms with van der Waals surface area (Å²) in [6.45, 7) is 2.37.